The van der Waals surface area contributed by atoms with Crippen LogP contribution in [-0.2, 0) is 9.59 Å². The number of nitrogens with zero attached hydrogens (tertiary/aromatic N) is 2. The van der Waals surface area contributed by atoms with Gasteiger partial charge in [0.1, 0.15) is 12.1 Å². The highest BCUT2D eigenvalue weighted by atomic mass is 16.2. The molecule has 0 bridgehead atoms. The topological polar surface area (TPSA) is 94.9 Å². The standard InChI is InChI=1S/C16H20N4O2/c1-11(19-16(22)12-5-3-2-4-6-12)15(21)20-14-7-8-18-10-13(14)9-17/h7-8,10-12H,2-6H2,1H3,(H,19,22)(H,18,20,21)/t11-/m0/s1. The first-order chi connectivity index (χ1) is 10.6. The minimum absolute atomic E-state index is 0.0135. The molecule has 1 saturated carbocycles. The van der Waals surface area contributed by atoms with E-state index >= 15 is 0 Å². The number of pyridine rings is 1. The minimum Gasteiger partial charge on any atom is -0.344 e. The normalized spacial score (nSPS) is 16.4. The van der Waals surface area contributed by atoms with E-state index in [4.69, 9.17) is 5.26 Å². The number of carbonyl (C=O) groups excluding carboxylic acids is 2. The van der Waals surface area contributed by atoms with Crippen molar-refractivity contribution in [3.05, 3.63) is 24.0 Å². The number of carbonyl (C=O) groups is 2. The van der Waals surface area contributed by atoms with Crippen LogP contribution >= 0.6 is 0 Å². The Morgan fingerprint density at radius 2 is 2.09 bits per heavy atom. The van der Waals surface area contributed by atoms with Gasteiger partial charge in [-0.05, 0) is 25.8 Å². The second kappa shape index (κ2) is 7.55. The first-order valence-electron chi connectivity index (χ1n) is 7.57. The van der Waals surface area contributed by atoms with Gasteiger partial charge in [0.25, 0.3) is 0 Å². The smallest absolute Gasteiger partial charge is 0.246 e. The van der Waals surface area contributed by atoms with Crippen LogP contribution in [0.2, 0.25) is 0 Å². The summed E-state index contributed by atoms with van der Waals surface area (Å²) in [5, 5.41) is 14.4. The third-order valence-corrected chi connectivity index (χ3v) is 3.93. The fraction of sp³-hybridized carbons (Fsp3) is 0.500. The Balaban J connectivity index is 1.91. The predicted octanol–water partition coefficient (Wildman–Crippen LogP) is 1.98. The molecule has 1 atom stereocenters. The molecule has 0 aliphatic heterocycles. The number of anilines is 1. The highest BCUT2D eigenvalue weighted by molar-refractivity contribution is 5.97. The zero-order chi connectivity index (χ0) is 15.9. The zero-order valence-corrected chi connectivity index (χ0v) is 12.6. The van der Waals surface area contributed by atoms with Crippen molar-refractivity contribution in [2.45, 2.75) is 45.1 Å². The molecular weight excluding hydrogens is 280 g/mol. The van der Waals surface area contributed by atoms with Gasteiger partial charge < -0.3 is 10.6 Å². The molecule has 0 unspecified atom stereocenters. The first kappa shape index (κ1) is 16.0. The lowest BCUT2D eigenvalue weighted by Gasteiger charge is -2.23. The summed E-state index contributed by atoms with van der Waals surface area (Å²) >= 11 is 0. The molecule has 0 saturated heterocycles. The van der Waals surface area contributed by atoms with E-state index in [1.165, 1.54) is 18.8 Å². The van der Waals surface area contributed by atoms with Gasteiger partial charge in [-0.15, -0.1) is 0 Å². The molecule has 6 heteroatoms. The van der Waals surface area contributed by atoms with Gasteiger partial charge in [-0.25, -0.2) is 0 Å². The molecule has 2 N–H and O–H groups in total. The van der Waals surface area contributed by atoms with E-state index in [1.807, 2.05) is 6.07 Å². The molecule has 116 valence electrons. The van der Waals surface area contributed by atoms with Gasteiger partial charge in [0.15, 0.2) is 0 Å². The average molecular weight is 300 g/mol. The van der Waals surface area contributed by atoms with Gasteiger partial charge >= 0.3 is 0 Å². The maximum absolute atomic E-state index is 12.1. The van der Waals surface area contributed by atoms with Crippen molar-refractivity contribution >= 4 is 17.5 Å². The van der Waals surface area contributed by atoms with Gasteiger partial charge in [0, 0.05) is 18.3 Å². The molecule has 1 aliphatic carbocycles. The van der Waals surface area contributed by atoms with E-state index in [2.05, 4.69) is 15.6 Å². The van der Waals surface area contributed by atoms with Crippen LogP contribution in [0.25, 0.3) is 0 Å². The lowest BCUT2D eigenvalue weighted by atomic mass is 9.88. The number of aromatic nitrogens is 1. The van der Waals surface area contributed by atoms with Crippen molar-refractivity contribution < 1.29 is 9.59 Å². The number of hydrogen-bond acceptors (Lipinski definition) is 4. The Kier molecular flexibility index (Phi) is 5.48. The first-order valence-corrected chi connectivity index (χ1v) is 7.57. The highest BCUT2D eigenvalue weighted by Crippen LogP contribution is 2.23. The molecule has 2 amide bonds. The molecule has 2 rings (SSSR count). The molecule has 0 radical (unpaired) electrons. The fourth-order valence-electron chi connectivity index (χ4n) is 2.60. The van der Waals surface area contributed by atoms with Crippen LogP contribution in [0.5, 0.6) is 0 Å². The SMILES string of the molecule is C[C@H](NC(=O)C1CCCCC1)C(=O)Nc1ccncc1C#N. The number of nitriles is 1. The molecule has 1 fully saturated rings. The monoisotopic (exact) mass is 300 g/mol. The fourth-order valence-corrected chi connectivity index (χ4v) is 2.60. The molecule has 1 aromatic rings. The zero-order valence-electron chi connectivity index (χ0n) is 12.6. The lowest BCUT2D eigenvalue weighted by molar-refractivity contribution is -0.129. The van der Waals surface area contributed by atoms with Crippen LogP contribution in [0, 0.1) is 17.2 Å². The van der Waals surface area contributed by atoms with Crippen LogP contribution in [0.3, 0.4) is 0 Å². The van der Waals surface area contributed by atoms with E-state index in [9.17, 15) is 9.59 Å². The van der Waals surface area contributed by atoms with Crippen LogP contribution < -0.4 is 10.6 Å². The summed E-state index contributed by atoms with van der Waals surface area (Å²) in [5.41, 5.74) is 0.697. The summed E-state index contributed by atoms with van der Waals surface area (Å²) in [7, 11) is 0. The summed E-state index contributed by atoms with van der Waals surface area (Å²) in [5.74, 6) is -0.385. The molecule has 0 aromatic carbocycles. The quantitative estimate of drug-likeness (QED) is 0.888. The number of hydrogen-bond donors (Lipinski definition) is 2. The van der Waals surface area contributed by atoms with Crippen molar-refractivity contribution in [3.63, 3.8) is 0 Å². The molecular formula is C16H20N4O2. The molecule has 1 aliphatic rings. The van der Waals surface area contributed by atoms with E-state index in [1.54, 1.807) is 13.0 Å². The van der Waals surface area contributed by atoms with E-state index in [0.29, 0.717) is 11.3 Å². The van der Waals surface area contributed by atoms with Gasteiger partial charge in [-0.2, -0.15) is 5.26 Å². The summed E-state index contributed by atoms with van der Waals surface area (Å²) < 4.78 is 0. The average Bonchev–Trinajstić information content (AvgIpc) is 2.56. The largest absolute Gasteiger partial charge is 0.344 e. The summed E-state index contributed by atoms with van der Waals surface area (Å²) in [6.07, 6.45) is 8.00. The van der Waals surface area contributed by atoms with Crippen molar-refractivity contribution in [1.82, 2.24) is 10.3 Å². The molecule has 1 heterocycles. The van der Waals surface area contributed by atoms with E-state index in [-0.39, 0.29) is 17.7 Å². The van der Waals surface area contributed by atoms with Gasteiger partial charge in [0.2, 0.25) is 11.8 Å². The van der Waals surface area contributed by atoms with Crippen molar-refractivity contribution in [2.75, 3.05) is 5.32 Å². The van der Waals surface area contributed by atoms with Gasteiger partial charge in [-0.1, -0.05) is 19.3 Å². The third kappa shape index (κ3) is 4.04. The Labute approximate surface area is 129 Å². The Morgan fingerprint density at radius 1 is 1.36 bits per heavy atom. The van der Waals surface area contributed by atoms with Crippen LogP contribution in [0.4, 0.5) is 5.69 Å². The lowest BCUT2D eigenvalue weighted by Crippen LogP contribution is -2.44. The van der Waals surface area contributed by atoms with Crippen molar-refractivity contribution in [3.8, 4) is 6.07 Å². The number of rotatable bonds is 4. The Morgan fingerprint density at radius 3 is 2.77 bits per heavy atom. The van der Waals surface area contributed by atoms with Crippen LogP contribution in [0.15, 0.2) is 18.5 Å². The molecule has 1 aromatic heterocycles. The summed E-state index contributed by atoms with van der Waals surface area (Å²) in [6.45, 7) is 1.64. The van der Waals surface area contributed by atoms with E-state index < -0.39 is 6.04 Å². The van der Waals surface area contributed by atoms with Gasteiger partial charge in [0.05, 0.1) is 11.3 Å². The highest BCUT2D eigenvalue weighted by Gasteiger charge is 2.24. The molecule has 22 heavy (non-hydrogen) atoms. The Bertz CT molecular complexity index is 588. The second-order valence-corrected chi connectivity index (χ2v) is 5.59. The van der Waals surface area contributed by atoms with Gasteiger partial charge in [-0.3, -0.25) is 14.6 Å². The third-order valence-electron chi connectivity index (χ3n) is 3.93. The van der Waals surface area contributed by atoms with E-state index in [0.717, 1.165) is 25.7 Å². The Hall–Kier alpha value is -2.42. The van der Waals surface area contributed by atoms with Crippen LogP contribution in [-0.4, -0.2) is 22.8 Å². The maximum Gasteiger partial charge on any atom is 0.246 e. The minimum atomic E-state index is -0.644. The molecule has 6 nitrogen and oxygen atoms in total. The second-order valence-electron chi connectivity index (χ2n) is 5.59. The predicted molar refractivity (Wildman–Crippen MR) is 81.8 cm³/mol. The van der Waals surface area contributed by atoms with Crippen LogP contribution in [0.1, 0.15) is 44.6 Å². The number of amides is 2. The van der Waals surface area contributed by atoms with Crippen molar-refractivity contribution in [2.24, 2.45) is 5.92 Å². The number of nitrogens with one attached hydrogen (secondary N) is 2. The summed E-state index contributed by atoms with van der Waals surface area (Å²) in [4.78, 5) is 28.1. The van der Waals surface area contributed by atoms with Crippen molar-refractivity contribution in [1.29, 1.82) is 5.26 Å². The molecule has 0 spiro atoms. The summed E-state index contributed by atoms with van der Waals surface area (Å²) in [6, 6.07) is 2.89. The maximum atomic E-state index is 12.1.